The monoisotopic (exact) mass is 1380 g/mol. The van der Waals surface area contributed by atoms with Gasteiger partial charge < -0.3 is 33.8 Å². The van der Waals surface area contributed by atoms with Crippen molar-refractivity contribution < 1.29 is 80.2 Å². The lowest BCUT2D eigenvalue weighted by Gasteiger charge is -2.21. The van der Waals surface area contributed by atoms with Gasteiger partial charge in [-0.25, -0.2) is 9.13 Å². The van der Waals surface area contributed by atoms with E-state index < -0.39 is 97.5 Å². The van der Waals surface area contributed by atoms with Gasteiger partial charge in [-0.05, 0) is 37.5 Å². The van der Waals surface area contributed by atoms with Gasteiger partial charge in [-0.1, -0.05) is 337 Å². The topological polar surface area (TPSA) is 237 Å². The Balaban J connectivity index is 5.22. The Morgan fingerprint density at radius 2 is 0.489 bits per heavy atom. The lowest BCUT2D eigenvalue weighted by Crippen LogP contribution is -2.30. The second-order valence-electron chi connectivity index (χ2n) is 28.0. The highest BCUT2D eigenvalue weighted by Gasteiger charge is 2.30. The van der Waals surface area contributed by atoms with E-state index in [1.807, 2.05) is 0 Å². The van der Waals surface area contributed by atoms with Crippen molar-refractivity contribution in [2.75, 3.05) is 39.6 Å². The zero-order valence-electron chi connectivity index (χ0n) is 61.3. The van der Waals surface area contributed by atoms with Crippen LogP contribution in [0.4, 0.5) is 0 Å². The molecule has 0 aromatic carbocycles. The SMILES string of the molecule is CCCCCCCCCCCCCCCCCCCC(=O)OC[C@H](COP(=O)(O)OC[C@@H](O)COP(=O)(O)OC[C@@H](COC(=O)CCCCCCCCCCCC)OC(=O)CCCCCCCCCC(C)C)OC(=O)CCCCCCCCCCCCCCCCC(C)C. The van der Waals surface area contributed by atoms with E-state index in [1.54, 1.807) is 0 Å². The highest BCUT2D eigenvalue weighted by Crippen LogP contribution is 2.45. The second-order valence-corrected chi connectivity index (χ2v) is 30.9. The van der Waals surface area contributed by atoms with E-state index in [-0.39, 0.29) is 25.7 Å². The molecule has 0 saturated heterocycles. The smallest absolute Gasteiger partial charge is 0.462 e. The molecule has 0 aliphatic heterocycles. The van der Waals surface area contributed by atoms with Gasteiger partial charge in [0.05, 0.1) is 26.4 Å². The van der Waals surface area contributed by atoms with E-state index in [0.29, 0.717) is 31.6 Å². The van der Waals surface area contributed by atoms with Crippen LogP contribution in [0.2, 0.25) is 0 Å². The largest absolute Gasteiger partial charge is 0.472 e. The van der Waals surface area contributed by atoms with Crippen LogP contribution in [0.25, 0.3) is 0 Å². The molecule has 5 atom stereocenters. The summed E-state index contributed by atoms with van der Waals surface area (Å²) in [5.74, 6) is -0.628. The van der Waals surface area contributed by atoms with E-state index >= 15 is 0 Å². The van der Waals surface area contributed by atoms with E-state index in [0.717, 1.165) is 95.8 Å². The van der Waals surface area contributed by atoms with E-state index in [9.17, 15) is 43.2 Å². The zero-order chi connectivity index (χ0) is 69.3. The number of carbonyl (C=O) groups excluding carboxylic acids is 4. The molecule has 19 heteroatoms. The fourth-order valence-electron chi connectivity index (χ4n) is 11.5. The highest BCUT2D eigenvalue weighted by molar-refractivity contribution is 7.47. The van der Waals surface area contributed by atoms with Gasteiger partial charge in [0, 0.05) is 25.7 Å². The number of phosphoric acid groups is 2. The first-order valence-corrected chi connectivity index (χ1v) is 42.0. The van der Waals surface area contributed by atoms with E-state index in [4.69, 9.17) is 37.0 Å². The maximum atomic E-state index is 13.1. The van der Waals surface area contributed by atoms with Crippen LogP contribution >= 0.6 is 15.6 Å². The van der Waals surface area contributed by atoms with E-state index in [1.165, 1.54) is 205 Å². The summed E-state index contributed by atoms with van der Waals surface area (Å²) >= 11 is 0. The van der Waals surface area contributed by atoms with Crippen molar-refractivity contribution in [1.82, 2.24) is 0 Å². The number of carbonyl (C=O) groups is 4. The summed E-state index contributed by atoms with van der Waals surface area (Å²) in [4.78, 5) is 72.7. The fraction of sp³-hybridized carbons (Fsp3) is 0.947. The molecule has 0 aliphatic carbocycles. The van der Waals surface area contributed by atoms with Crippen LogP contribution in [0.3, 0.4) is 0 Å². The van der Waals surface area contributed by atoms with Gasteiger partial charge in [-0.3, -0.25) is 37.3 Å². The zero-order valence-corrected chi connectivity index (χ0v) is 63.1. The predicted octanol–water partition coefficient (Wildman–Crippen LogP) is 21.9. The molecule has 17 nitrogen and oxygen atoms in total. The van der Waals surface area contributed by atoms with Crippen molar-refractivity contribution in [3.63, 3.8) is 0 Å². The Bertz CT molecular complexity index is 1820. The summed E-state index contributed by atoms with van der Waals surface area (Å²) < 4.78 is 68.4. The minimum absolute atomic E-state index is 0.104. The third-order valence-electron chi connectivity index (χ3n) is 17.5. The van der Waals surface area contributed by atoms with Gasteiger partial charge in [0.1, 0.15) is 19.3 Å². The van der Waals surface area contributed by atoms with Crippen LogP contribution < -0.4 is 0 Å². The minimum atomic E-state index is -4.96. The Morgan fingerprint density at radius 3 is 0.723 bits per heavy atom. The summed E-state index contributed by atoms with van der Waals surface area (Å²) in [6, 6.07) is 0. The Kier molecular flexibility index (Phi) is 65.5. The van der Waals surface area contributed by atoms with Crippen LogP contribution in [0.15, 0.2) is 0 Å². The lowest BCUT2D eigenvalue weighted by atomic mass is 10.0. The van der Waals surface area contributed by atoms with Crippen molar-refractivity contribution in [2.45, 2.75) is 407 Å². The maximum Gasteiger partial charge on any atom is 0.472 e. The standard InChI is InChI=1S/C75H146O17P2/c1-7-9-11-13-15-17-19-20-21-22-23-27-30-34-40-46-52-58-73(78)86-63-70(91-74(79)59-53-47-41-35-31-28-25-24-26-29-32-37-43-49-55-67(3)4)65-89-93(81,82)87-61-69(76)62-88-94(83,84)90-66-71(92-75(80)60-54-48-42-36-38-44-50-56-68(5)6)64-85-72(77)57-51-45-39-33-18-16-14-12-10-8-2/h67-71,76H,7-66H2,1-6H3,(H,81,82)(H,83,84)/t69-,70-,71-/m1/s1. The van der Waals surface area contributed by atoms with E-state index in [2.05, 4.69) is 41.5 Å². The molecule has 0 spiro atoms. The molecule has 0 bridgehead atoms. The van der Waals surface area contributed by atoms with Crippen molar-refractivity contribution >= 4 is 39.5 Å². The molecule has 0 saturated carbocycles. The number of esters is 4. The van der Waals surface area contributed by atoms with Crippen LogP contribution in [0, 0.1) is 11.8 Å². The third kappa shape index (κ3) is 68.6. The molecule has 0 aromatic rings. The first-order chi connectivity index (χ1) is 45.4. The Hall–Kier alpha value is -1.94. The number of aliphatic hydroxyl groups excluding tert-OH is 1. The molecule has 0 radical (unpaired) electrons. The maximum absolute atomic E-state index is 13.1. The molecular weight excluding hydrogens is 1230 g/mol. The molecule has 0 aliphatic rings. The van der Waals surface area contributed by atoms with Crippen molar-refractivity contribution in [3.05, 3.63) is 0 Å². The molecule has 0 heterocycles. The van der Waals surface area contributed by atoms with Gasteiger partial charge in [-0.2, -0.15) is 0 Å². The molecule has 0 fully saturated rings. The first kappa shape index (κ1) is 92.1. The summed E-state index contributed by atoms with van der Waals surface area (Å²) in [6.45, 7) is 9.54. The Morgan fingerprint density at radius 1 is 0.287 bits per heavy atom. The third-order valence-corrected chi connectivity index (χ3v) is 19.4. The molecule has 3 N–H and O–H groups in total. The van der Waals surface area contributed by atoms with Crippen molar-refractivity contribution in [3.8, 4) is 0 Å². The lowest BCUT2D eigenvalue weighted by molar-refractivity contribution is -0.161. The van der Waals surface area contributed by atoms with Crippen molar-refractivity contribution in [1.29, 1.82) is 0 Å². The highest BCUT2D eigenvalue weighted by atomic mass is 31.2. The summed E-state index contributed by atoms with van der Waals surface area (Å²) in [6.07, 6.45) is 54.2. The first-order valence-electron chi connectivity index (χ1n) is 39.0. The average molecular weight is 1380 g/mol. The number of aliphatic hydroxyl groups is 1. The summed E-state index contributed by atoms with van der Waals surface area (Å²) in [5, 5.41) is 10.6. The molecular formula is C75H146O17P2. The number of ether oxygens (including phenoxy) is 4. The van der Waals surface area contributed by atoms with Gasteiger partial charge in [0.25, 0.3) is 0 Å². The van der Waals surface area contributed by atoms with Gasteiger partial charge in [0.15, 0.2) is 12.2 Å². The normalized spacial score (nSPS) is 14.0. The number of hydrogen-bond acceptors (Lipinski definition) is 15. The molecule has 94 heavy (non-hydrogen) atoms. The number of rotatable bonds is 74. The quantitative estimate of drug-likeness (QED) is 0.0222. The molecule has 558 valence electrons. The Labute approximate surface area is 575 Å². The molecule has 0 rings (SSSR count). The average Bonchev–Trinajstić information content (AvgIpc) is 2.09. The van der Waals surface area contributed by atoms with Crippen LogP contribution in [-0.2, 0) is 65.4 Å². The van der Waals surface area contributed by atoms with Gasteiger partial charge >= 0.3 is 39.5 Å². The summed E-state index contributed by atoms with van der Waals surface area (Å²) in [5.41, 5.74) is 0. The predicted molar refractivity (Wildman–Crippen MR) is 381 cm³/mol. The fourth-order valence-corrected chi connectivity index (χ4v) is 13.1. The minimum Gasteiger partial charge on any atom is -0.462 e. The molecule has 0 amide bonds. The van der Waals surface area contributed by atoms with Crippen LogP contribution in [-0.4, -0.2) is 96.7 Å². The van der Waals surface area contributed by atoms with Gasteiger partial charge in [0.2, 0.25) is 0 Å². The number of phosphoric ester groups is 2. The van der Waals surface area contributed by atoms with Crippen LogP contribution in [0.5, 0.6) is 0 Å². The number of unbranched alkanes of at least 4 members (excludes halogenated alkanes) is 44. The van der Waals surface area contributed by atoms with Gasteiger partial charge in [-0.15, -0.1) is 0 Å². The molecule has 0 aromatic heterocycles. The van der Waals surface area contributed by atoms with Crippen molar-refractivity contribution in [2.24, 2.45) is 11.8 Å². The molecule has 2 unspecified atom stereocenters. The second kappa shape index (κ2) is 66.9. The van der Waals surface area contributed by atoms with Crippen LogP contribution in [0.1, 0.15) is 388 Å². The number of hydrogen-bond donors (Lipinski definition) is 3. The summed E-state index contributed by atoms with van der Waals surface area (Å²) in [7, 11) is -9.91.